The van der Waals surface area contributed by atoms with Crippen LogP contribution in [0.4, 0.5) is 5.82 Å². The van der Waals surface area contributed by atoms with Gasteiger partial charge in [0.2, 0.25) is 0 Å². The van der Waals surface area contributed by atoms with Crippen molar-refractivity contribution in [3.8, 4) is 10.4 Å². The molecule has 148 valence electrons. The summed E-state index contributed by atoms with van der Waals surface area (Å²) in [5.41, 5.74) is 2.18. The molecule has 6 nitrogen and oxygen atoms in total. The van der Waals surface area contributed by atoms with Crippen molar-refractivity contribution in [1.29, 1.82) is 0 Å². The van der Waals surface area contributed by atoms with E-state index in [4.69, 9.17) is 14.7 Å². The van der Waals surface area contributed by atoms with Crippen LogP contribution in [0.2, 0.25) is 0 Å². The molecule has 29 heavy (non-hydrogen) atoms. The zero-order chi connectivity index (χ0) is 19.5. The van der Waals surface area contributed by atoms with Gasteiger partial charge in [0, 0.05) is 35.1 Å². The van der Waals surface area contributed by atoms with E-state index in [1.54, 1.807) is 22.7 Å². The minimum Gasteiger partial charge on any atom is -0.379 e. The number of morpholine rings is 1. The summed E-state index contributed by atoms with van der Waals surface area (Å²) in [7, 11) is 0. The quantitative estimate of drug-likeness (QED) is 0.500. The first-order chi connectivity index (χ1) is 14.4. The minimum atomic E-state index is 0.629. The average Bonchev–Trinajstić information content (AvgIpc) is 3.43. The van der Waals surface area contributed by atoms with Gasteiger partial charge in [0.15, 0.2) is 0 Å². The molecule has 0 aliphatic carbocycles. The molecule has 0 amide bonds. The van der Waals surface area contributed by atoms with Gasteiger partial charge in [-0.3, -0.25) is 9.88 Å². The van der Waals surface area contributed by atoms with Crippen LogP contribution < -0.4 is 5.32 Å². The van der Waals surface area contributed by atoms with Gasteiger partial charge in [-0.05, 0) is 23.6 Å². The Bertz CT molecular complexity index is 1080. The Kier molecular flexibility index (Phi) is 5.49. The zero-order valence-electron chi connectivity index (χ0n) is 15.9. The number of nitrogens with zero attached hydrogens (tertiary/aromatic N) is 4. The van der Waals surface area contributed by atoms with Crippen LogP contribution in [0.25, 0.3) is 20.7 Å². The molecule has 4 aromatic rings. The first-order valence-electron chi connectivity index (χ1n) is 9.63. The van der Waals surface area contributed by atoms with E-state index in [2.05, 4.69) is 38.1 Å². The van der Waals surface area contributed by atoms with Crippen molar-refractivity contribution >= 4 is 38.7 Å². The molecule has 1 N–H and O–H groups in total. The smallest absolute Gasteiger partial charge is 0.146 e. The Balaban J connectivity index is 1.51. The maximum Gasteiger partial charge on any atom is 0.146 e. The molecular weight excluding hydrogens is 402 g/mol. The summed E-state index contributed by atoms with van der Waals surface area (Å²) in [4.78, 5) is 18.9. The molecule has 1 fully saturated rings. The first kappa shape index (κ1) is 18.6. The number of rotatable bonds is 6. The monoisotopic (exact) mass is 423 g/mol. The highest BCUT2D eigenvalue weighted by Gasteiger charge is 2.18. The Hall–Kier alpha value is -2.39. The van der Waals surface area contributed by atoms with Gasteiger partial charge in [-0.15, -0.1) is 22.7 Å². The van der Waals surface area contributed by atoms with Gasteiger partial charge in [-0.1, -0.05) is 12.1 Å². The predicted octanol–water partition coefficient (Wildman–Crippen LogP) is 4.26. The maximum atomic E-state index is 5.47. The molecule has 0 saturated carbocycles. The molecule has 1 aliphatic heterocycles. The molecule has 0 bridgehead atoms. The zero-order valence-corrected chi connectivity index (χ0v) is 17.5. The van der Waals surface area contributed by atoms with Crippen molar-refractivity contribution in [2.24, 2.45) is 0 Å². The van der Waals surface area contributed by atoms with E-state index < -0.39 is 0 Å². The molecule has 8 heteroatoms. The number of anilines is 1. The minimum absolute atomic E-state index is 0.629. The lowest BCUT2D eigenvalue weighted by Crippen LogP contribution is -2.36. The van der Waals surface area contributed by atoms with E-state index in [0.29, 0.717) is 6.54 Å². The Morgan fingerprint density at radius 3 is 2.79 bits per heavy atom. The van der Waals surface area contributed by atoms with Crippen molar-refractivity contribution in [2.75, 3.05) is 31.6 Å². The van der Waals surface area contributed by atoms with Gasteiger partial charge >= 0.3 is 0 Å². The summed E-state index contributed by atoms with van der Waals surface area (Å²) >= 11 is 3.42. The summed E-state index contributed by atoms with van der Waals surface area (Å²) < 4.78 is 5.47. The van der Waals surface area contributed by atoms with Crippen molar-refractivity contribution in [1.82, 2.24) is 19.9 Å². The van der Waals surface area contributed by atoms with Crippen LogP contribution in [-0.2, 0) is 17.8 Å². The standard InChI is InChI=1S/C21H21N5OS2/c1-2-6-22-15(4-1)12-23-20-19-16(17-5-3-11-28-17)14-29-21(19)25-18(24-20)13-26-7-9-27-10-8-26/h1-6,11,14H,7-10,12-13H2,(H,23,24,25). The fourth-order valence-electron chi connectivity index (χ4n) is 3.43. The van der Waals surface area contributed by atoms with Crippen LogP contribution in [0.5, 0.6) is 0 Å². The Labute approximate surface area is 177 Å². The third kappa shape index (κ3) is 4.16. The molecule has 5 heterocycles. The van der Waals surface area contributed by atoms with E-state index in [-0.39, 0.29) is 0 Å². The van der Waals surface area contributed by atoms with Crippen molar-refractivity contribution < 1.29 is 4.74 Å². The van der Waals surface area contributed by atoms with E-state index in [0.717, 1.165) is 60.4 Å². The Morgan fingerprint density at radius 2 is 2.00 bits per heavy atom. The number of fused-ring (bicyclic) bond motifs is 1. The molecule has 0 radical (unpaired) electrons. The van der Waals surface area contributed by atoms with E-state index in [1.165, 1.54) is 10.4 Å². The summed E-state index contributed by atoms with van der Waals surface area (Å²) in [5.74, 6) is 1.73. The van der Waals surface area contributed by atoms with Gasteiger partial charge in [0.05, 0.1) is 37.4 Å². The van der Waals surface area contributed by atoms with Crippen LogP contribution in [0.3, 0.4) is 0 Å². The molecule has 0 spiro atoms. The number of pyridine rings is 1. The van der Waals surface area contributed by atoms with Crippen LogP contribution in [0.1, 0.15) is 11.5 Å². The Morgan fingerprint density at radius 1 is 1.07 bits per heavy atom. The van der Waals surface area contributed by atoms with Gasteiger partial charge in [0.1, 0.15) is 16.5 Å². The van der Waals surface area contributed by atoms with Crippen molar-refractivity contribution in [2.45, 2.75) is 13.1 Å². The van der Waals surface area contributed by atoms with E-state index in [9.17, 15) is 0 Å². The second-order valence-electron chi connectivity index (χ2n) is 6.86. The second kappa shape index (κ2) is 8.54. The predicted molar refractivity (Wildman–Crippen MR) is 118 cm³/mol. The number of aromatic nitrogens is 3. The first-order valence-corrected chi connectivity index (χ1v) is 11.4. The molecule has 0 aromatic carbocycles. The molecule has 5 rings (SSSR count). The number of nitrogens with one attached hydrogen (secondary N) is 1. The lowest BCUT2D eigenvalue weighted by atomic mass is 10.2. The molecule has 1 saturated heterocycles. The van der Waals surface area contributed by atoms with E-state index in [1.807, 2.05) is 24.4 Å². The lowest BCUT2D eigenvalue weighted by molar-refractivity contribution is 0.0331. The van der Waals surface area contributed by atoms with Gasteiger partial charge in [0.25, 0.3) is 0 Å². The highest BCUT2D eigenvalue weighted by Crippen LogP contribution is 2.39. The molecular formula is C21H21N5OS2. The average molecular weight is 424 g/mol. The SMILES string of the molecule is c1ccc(CNc2nc(CN3CCOCC3)nc3scc(-c4cccs4)c23)nc1. The fourth-order valence-corrected chi connectivity index (χ4v) is 5.21. The van der Waals surface area contributed by atoms with Gasteiger partial charge in [-0.2, -0.15) is 0 Å². The van der Waals surface area contributed by atoms with Crippen LogP contribution in [-0.4, -0.2) is 46.2 Å². The molecule has 0 unspecified atom stereocenters. The second-order valence-corrected chi connectivity index (χ2v) is 8.66. The van der Waals surface area contributed by atoms with Gasteiger partial charge in [-0.25, -0.2) is 9.97 Å². The highest BCUT2D eigenvalue weighted by molar-refractivity contribution is 7.18. The van der Waals surface area contributed by atoms with E-state index >= 15 is 0 Å². The number of hydrogen-bond donors (Lipinski definition) is 1. The van der Waals surface area contributed by atoms with Crippen molar-refractivity contribution in [3.05, 3.63) is 58.8 Å². The highest BCUT2D eigenvalue weighted by atomic mass is 32.1. The summed E-state index contributed by atoms with van der Waals surface area (Å²) in [6, 6.07) is 10.2. The summed E-state index contributed by atoms with van der Waals surface area (Å²) in [6.07, 6.45) is 1.82. The summed E-state index contributed by atoms with van der Waals surface area (Å²) in [6.45, 7) is 4.75. The molecule has 4 aromatic heterocycles. The fraction of sp³-hybridized carbons (Fsp3) is 0.286. The van der Waals surface area contributed by atoms with Crippen LogP contribution >= 0.6 is 22.7 Å². The normalized spacial score (nSPS) is 15.0. The topological polar surface area (TPSA) is 63.2 Å². The third-order valence-corrected chi connectivity index (χ3v) is 6.67. The number of thiophene rings is 2. The van der Waals surface area contributed by atoms with Crippen LogP contribution in [0, 0.1) is 0 Å². The maximum absolute atomic E-state index is 5.47. The summed E-state index contributed by atoms with van der Waals surface area (Å²) in [5, 5.41) is 8.92. The molecule has 1 aliphatic rings. The largest absolute Gasteiger partial charge is 0.379 e. The van der Waals surface area contributed by atoms with Gasteiger partial charge < -0.3 is 10.1 Å². The lowest BCUT2D eigenvalue weighted by Gasteiger charge is -2.25. The molecule has 0 atom stereocenters. The van der Waals surface area contributed by atoms with Crippen LogP contribution in [0.15, 0.2) is 47.3 Å². The van der Waals surface area contributed by atoms with Crippen molar-refractivity contribution in [3.63, 3.8) is 0 Å². The number of ether oxygens (including phenoxy) is 1. The third-order valence-electron chi connectivity index (χ3n) is 4.90. The number of hydrogen-bond acceptors (Lipinski definition) is 8.